The Hall–Kier alpha value is -0.710. The van der Waals surface area contributed by atoms with Gasteiger partial charge in [0.05, 0.1) is 22.3 Å². The zero-order valence-corrected chi connectivity index (χ0v) is 15.0. The summed E-state index contributed by atoms with van der Waals surface area (Å²) < 4.78 is 7.14. The maximum Gasteiger partial charge on any atom is 0.133 e. The van der Waals surface area contributed by atoms with E-state index in [1.807, 2.05) is 36.4 Å². The van der Waals surface area contributed by atoms with Crippen LogP contribution in [-0.2, 0) is 0 Å². The van der Waals surface area contributed by atoms with Crippen LogP contribution in [0.5, 0.6) is 5.75 Å². The van der Waals surface area contributed by atoms with Crippen LogP contribution in [0.1, 0.15) is 18.5 Å². The number of benzene rings is 2. The second kappa shape index (κ2) is 6.83. The predicted octanol–water partition coefficient (Wildman–Crippen LogP) is 6.05. The van der Waals surface area contributed by atoms with Gasteiger partial charge in [0, 0.05) is 10.5 Å². The Kier molecular flexibility index (Phi) is 5.35. The van der Waals surface area contributed by atoms with Gasteiger partial charge in [0.15, 0.2) is 0 Å². The first-order valence-electron chi connectivity index (χ1n) is 6.06. The van der Waals surface area contributed by atoms with Gasteiger partial charge in [-0.25, -0.2) is 0 Å². The van der Waals surface area contributed by atoms with Gasteiger partial charge in [0.2, 0.25) is 0 Å². The van der Waals surface area contributed by atoms with E-state index in [0.717, 1.165) is 25.9 Å². The molecule has 0 saturated heterocycles. The van der Waals surface area contributed by atoms with E-state index in [0.29, 0.717) is 5.02 Å². The first-order chi connectivity index (χ1) is 9.51. The van der Waals surface area contributed by atoms with Crippen LogP contribution in [0.25, 0.3) is 0 Å². The fraction of sp³-hybridized carbons (Fsp3) is 0.200. The molecule has 106 valence electrons. The topological polar surface area (TPSA) is 21.3 Å². The summed E-state index contributed by atoms with van der Waals surface area (Å²) >= 11 is 13.1. The summed E-state index contributed by atoms with van der Waals surface area (Å²) in [6, 6.07) is 12.0. The van der Waals surface area contributed by atoms with Crippen molar-refractivity contribution in [3.63, 3.8) is 0 Å². The smallest absolute Gasteiger partial charge is 0.133 e. The fourth-order valence-electron chi connectivity index (χ4n) is 1.88. The molecule has 2 nitrogen and oxygen atoms in total. The monoisotopic (exact) mass is 417 g/mol. The highest BCUT2D eigenvalue weighted by atomic mass is 79.9. The number of hydrogen-bond donors (Lipinski definition) is 1. The largest absolute Gasteiger partial charge is 0.496 e. The number of hydrogen-bond acceptors (Lipinski definition) is 2. The third-order valence-corrected chi connectivity index (χ3v) is 4.40. The molecule has 20 heavy (non-hydrogen) atoms. The molecule has 2 rings (SSSR count). The number of nitrogens with one attached hydrogen (secondary N) is 1. The molecule has 2 aromatic carbocycles. The van der Waals surface area contributed by atoms with Crippen molar-refractivity contribution in [2.75, 3.05) is 12.4 Å². The number of methoxy groups -OCH3 is 1. The lowest BCUT2D eigenvalue weighted by molar-refractivity contribution is 0.412. The van der Waals surface area contributed by atoms with Crippen LogP contribution in [-0.4, -0.2) is 7.11 Å². The SMILES string of the molecule is COc1ccc(C(C)Nc2ccc(Br)cc2Cl)cc1Br. The highest BCUT2D eigenvalue weighted by Gasteiger charge is 2.10. The van der Waals surface area contributed by atoms with E-state index in [2.05, 4.69) is 44.1 Å². The number of anilines is 1. The Morgan fingerprint density at radius 1 is 1.15 bits per heavy atom. The Balaban J connectivity index is 2.19. The molecular formula is C15H14Br2ClNO. The maximum absolute atomic E-state index is 6.22. The van der Waals surface area contributed by atoms with Crippen molar-refractivity contribution >= 4 is 49.1 Å². The molecule has 0 heterocycles. The van der Waals surface area contributed by atoms with Crippen molar-refractivity contribution in [2.24, 2.45) is 0 Å². The zero-order valence-electron chi connectivity index (χ0n) is 11.1. The Bertz CT molecular complexity index is 619. The Labute approximate surface area is 140 Å². The summed E-state index contributed by atoms with van der Waals surface area (Å²) in [7, 11) is 1.66. The minimum absolute atomic E-state index is 0.135. The molecule has 0 bridgehead atoms. The van der Waals surface area contributed by atoms with Crippen molar-refractivity contribution in [3.05, 3.63) is 55.9 Å². The van der Waals surface area contributed by atoms with E-state index in [-0.39, 0.29) is 6.04 Å². The molecule has 0 amide bonds. The second-order valence-corrected chi connectivity index (χ2v) is 6.56. The van der Waals surface area contributed by atoms with E-state index in [1.165, 1.54) is 0 Å². The molecule has 0 aliphatic heterocycles. The predicted molar refractivity (Wildman–Crippen MR) is 91.9 cm³/mol. The molecule has 0 fully saturated rings. The van der Waals surface area contributed by atoms with E-state index >= 15 is 0 Å². The van der Waals surface area contributed by atoms with Crippen LogP contribution in [0.4, 0.5) is 5.69 Å². The van der Waals surface area contributed by atoms with Crippen molar-refractivity contribution in [2.45, 2.75) is 13.0 Å². The lowest BCUT2D eigenvalue weighted by atomic mass is 10.1. The van der Waals surface area contributed by atoms with Gasteiger partial charge in [-0.1, -0.05) is 33.6 Å². The molecule has 0 saturated carbocycles. The van der Waals surface area contributed by atoms with E-state index in [9.17, 15) is 0 Å². The van der Waals surface area contributed by atoms with Gasteiger partial charge in [-0.05, 0) is 58.7 Å². The third kappa shape index (κ3) is 3.68. The van der Waals surface area contributed by atoms with Crippen LogP contribution < -0.4 is 10.1 Å². The molecule has 1 atom stereocenters. The summed E-state index contributed by atoms with van der Waals surface area (Å²) in [6.07, 6.45) is 0. The average Bonchev–Trinajstić information content (AvgIpc) is 2.41. The van der Waals surface area contributed by atoms with Crippen molar-refractivity contribution < 1.29 is 4.74 Å². The molecule has 0 aliphatic rings. The standard InChI is InChI=1S/C15H14Br2ClNO/c1-9(10-3-6-15(20-2)12(17)7-10)19-14-5-4-11(16)8-13(14)18/h3-9,19H,1-2H3. The van der Waals surface area contributed by atoms with Crippen LogP contribution in [0.2, 0.25) is 5.02 Å². The molecule has 0 aliphatic carbocycles. The zero-order chi connectivity index (χ0) is 14.7. The highest BCUT2D eigenvalue weighted by Crippen LogP contribution is 2.32. The van der Waals surface area contributed by atoms with Gasteiger partial charge in [-0.2, -0.15) is 0 Å². The summed E-state index contributed by atoms with van der Waals surface area (Å²) in [5.74, 6) is 0.822. The average molecular weight is 420 g/mol. The molecule has 0 aromatic heterocycles. The fourth-order valence-corrected chi connectivity index (χ4v) is 3.16. The van der Waals surface area contributed by atoms with Crippen molar-refractivity contribution in [3.8, 4) is 5.75 Å². The van der Waals surface area contributed by atoms with Gasteiger partial charge in [-0.3, -0.25) is 0 Å². The summed E-state index contributed by atoms with van der Waals surface area (Å²) in [5, 5.41) is 4.10. The quantitative estimate of drug-likeness (QED) is 0.652. The number of halogens is 3. The molecule has 0 spiro atoms. The van der Waals surface area contributed by atoms with Crippen LogP contribution in [0.15, 0.2) is 45.3 Å². The summed E-state index contributed by atoms with van der Waals surface area (Å²) in [6.45, 7) is 2.09. The molecule has 0 radical (unpaired) electrons. The summed E-state index contributed by atoms with van der Waals surface area (Å²) in [4.78, 5) is 0. The number of ether oxygens (including phenoxy) is 1. The van der Waals surface area contributed by atoms with Crippen LogP contribution in [0.3, 0.4) is 0 Å². The maximum atomic E-state index is 6.22. The first-order valence-corrected chi connectivity index (χ1v) is 8.02. The van der Waals surface area contributed by atoms with Gasteiger partial charge in [-0.15, -0.1) is 0 Å². The van der Waals surface area contributed by atoms with Crippen molar-refractivity contribution in [1.29, 1.82) is 0 Å². The highest BCUT2D eigenvalue weighted by molar-refractivity contribution is 9.10. The lowest BCUT2D eigenvalue weighted by Crippen LogP contribution is -2.07. The molecule has 1 N–H and O–H groups in total. The van der Waals surface area contributed by atoms with E-state index in [4.69, 9.17) is 16.3 Å². The van der Waals surface area contributed by atoms with E-state index in [1.54, 1.807) is 7.11 Å². The molecule has 1 unspecified atom stereocenters. The number of rotatable bonds is 4. The van der Waals surface area contributed by atoms with Gasteiger partial charge in [0.25, 0.3) is 0 Å². The molecule has 5 heteroatoms. The second-order valence-electron chi connectivity index (χ2n) is 4.38. The summed E-state index contributed by atoms with van der Waals surface area (Å²) in [5.41, 5.74) is 2.06. The Morgan fingerprint density at radius 2 is 1.90 bits per heavy atom. The van der Waals surface area contributed by atoms with Gasteiger partial charge >= 0.3 is 0 Å². The molecule has 2 aromatic rings. The van der Waals surface area contributed by atoms with Gasteiger partial charge in [0.1, 0.15) is 5.75 Å². The minimum atomic E-state index is 0.135. The minimum Gasteiger partial charge on any atom is -0.496 e. The van der Waals surface area contributed by atoms with Crippen LogP contribution >= 0.6 is 43.5 Å². The Morgan fingerprint density at radius 3 is 2.50 bits per heavy atom. The van der Waals surface area contributed by atoms with E-state index < -0.39 is 0 Å². The lowest BCUT2D eigenvalue weighted by Gasteiger charge is -2.18. The normalized spacial score (nSPS) is 12.1. The van der Waals surface area contributed by atoms with Crippen LogP contribution in [0, 0.1) is 0 Å². The molecular weight excluding hydrogens is 405 g/mol. The van der Waals surface area contributed by atoms with Gasteiger partial charge < -0.3 is 10.1 Å². The van der Waals surface area contributed by atoms with Crippen molar-refractivity contribution in [1.82, 2.24) is 0 Å². The first kappa shape index (κ1) is 15.7. The third-order valence-electron chi connectivity index (χ3n) is 2.98.